The molecule has 2 aliphatic heterocycles. The van der Waals surface area contributed by atoms with Gasteiger partial charge in [0.2, 0.25) is 5.95 Å². The number of nitrogens with one attached hydrogen (secondary N) is 2. The van der Waals surface area contributed by atoms with Crippen molar-refractivity contribution in [2.75, 3.05) is 48.4 Å². The number of ether oxygens (including phenoxy) is 1. The highest BCUT2D eigenvalue weighted by molar-refractivity contribution is 5.93. The maximum Gasteiger partial charge on any atom is 0.273 e. The number of rotatable bonds is 11. The van der Waals surface area contributed by atoms with E-state index in [0.717, 1.165) is 37.2 Å². The van der Waals surface area contributed by atoms with Crippen LogP contribution < -0.4 is 15.6 Å². The first-order valence-electron chi connectivity index (χ1n) is 15.5. The van der Waals surface area contributed by atoms with Crippen molar-refractivity contribution in [3.8, 4) is 0 Å². The van der Waals surface area contributed by atoms with Crippen molar-refractivity contribution in [1.29, 1.82) is 0 Å². The van der Waals surface area contributed by atoms with Crippen LogP contribution in [-0.4, -0.2) is 109 Å². The van der Waals surface area contributed by atoms with E-state index in [2.05, 4.69) is 51.7 Å². The van der Waals surface area contributed by atoms with Gasteiger partial charge in [-0.1, -0.05) is 67.6 Å². The summed E-state index contributed by atoms with van der Waals surface area (Å²) in [6.07, 6.45) is -3.88. The van der Waals surface area contributed by atoms with E-state index in [1.54, 1.807) is 6.92 Å². The number of carbonyl (C=O) groups excluding carboxylic acids is 1. The third-order valence-electron chi connectivity index (χ3n) is 8.60. The highest BCUT2D eigenvalue weighted by Crippen LogP contribution is 2.28. The Kier molecular flexibility index (Phi) is 9.24. The van der Waals surface area contributed by atoms with Crippen molar-refractivity contribution in [1.82, 2.24) is 24.5 Å². The van der Waals surface area contributed by atoms with Gasteiger partial charge in [0, 0.05) is 38.1 Å². The summed E-state index contributed by atoms with van der Waals surface area (Å²) < 4.78 is 6.72. The van der Waals surface area contributed by atoms with Crippen molar-refractivity contribution in [3.05, 3.63) is 78.1 Å². The molecule has 4 aromatic rings. The molecule has 1 amide bonds. The Morgan fingerprint density at radius 1 is 1.02 bits per heavy atom. The third kappa shape index (κ3) is 6.35. The zero-order valence-corrected chi connectivity index (χ0v) is 25.4. The zero-order valence-electron chi connectivity index (χ0n) is 25.4. The number of imidazole rings is 1. The summed E-state index contributed by atoms with van der Waals surface area (Å²) in [6.45, 7) is 7.41. The van der Waals surface area contributed by atoms with Crippen LogP contribution in [0.3, 0.4) is 0 Å². The van der Waals surface area contributed by atoms with Crippen LogP contribution in [-0.2, 0) is 9.53 Å². The Labute approximate surface area is 261 Å². The standard InChI is InChI=1S/C32H40N8O5/c1-3-38-16-15-22(18-38)35-32-36-28(33-17-23(20-11-7-5-8-12-20)21-13-9-6-10-14-21)24-29(37-32)40(19-34-24)39(4-2)30(43)27-25(41)26(42)31(44)45-27/h5-14,19,22-23,25-27,31,41-42,44H,3-4,15-18H2,1-2H3,(H2,33,35,36,37)/t22?,25-,26+,27-,31+/m0/s1. The summed E-state index contributed by atoms with van der Waals surface area (Å²) >= 11 is 0. The molecule has 0 aliphatic carbocycles. The zero-order chi connectivity index (χ0) is 31.5. The highest BCUT2D eigenvalue weighted by Gasteiger charge is 2.47. The van der Waals surface area contributed by atoms with Crippen molar-refractivity contribution < 1.29 is 24.9 Å². The Morgan fingerprint density at radius 2 is 1.71 bits per heavy atom. The fourth-order valence-corrected chi connectivity index (χ4v) is 6.10. The average Bonchev–Trinajstić information content (AvgIpc) is 3.77. The molecule has 0 saturated carbocycles. The van der Waals surface area contributed by atoms with Crippen molar-refractivity contribution in [2.45, 2.75) is 56.8 Å². The largest absolute Gasteiger partial charge is 0.387 e. The van der Waals surface area contributed by atoms with E-state index in [1.807, 2.05) is 36.4 Å². The van der Waals surface area contributed by atoms with Crippen LogP contribution in [0.25, 0.3) is 11.2 Å². The maximum absolute atomic E-state index is 13.6. The summed E-state index contributed by atoms with van der Waals surface area (Å²) in [7, 11) is 0. The lowest BCUT2D eigenvalue weighted by Gasteiger charge is -2.26. The normalized spacial score (nSPS) is 23.6. The SMILES string of the molecule is CCN1CCC(Nc2nc(NCC(c3ccccc3)c3ccccc3)c3ncn(N(CC)C(=O)[C@H]4O[C@@H](O)[C@H](O)[C@@H]4O)c3n2)C1. The Hall–Kier alpha value is -4.14. The van der Waals surface area contributed by atoms with Gasteiger partial charge in [-0.2, -0.15) is 9.97 Å². The molecule has 0 bridgehead atoms. The lowest BCUT2D eigenvalue weighted by molar-refractivity contribution is -0.150. The van der Waals surface area contributed by atoms with Crippen LogP contribution >= 0.6 is 0 Å². The van der Waals surface area contributed by atoms with Gasteiger partial charge >= 0.3 is 0 Å². The summed E-state index contributed by atoms with van der Waals surface area (Å²) in [5.41, 5.74) is 3.14. The van der Waals surface area contributed by atoms with Crippen LogP contribution in [0.15, 0.2) is 67.0 Å². The third-order valence-corrected chi connectivity index (χ3v) is 8.60. The number of nitrogens with zero attached hydrogens (tertiary/aromatic N) is 6. The van der Waals surface area contributed by atoms with E-state index in [-0.39, 0.29) is 18.5 Å². The number of aliphatic hydroxyl groups excluding tert-OH is 3. The van der Waals surface area contributed by atoms with Crippen LogP contribution in [0.1, 0.15) is 37.3 Å². The fourth-order valence-electron chi connectivity index (χ4n) is 6.10. The van der Waals surface area contributed by atoms with E-state index in [1.165, 1.54) is 16.0 Å². The van der Waals surface area contributed by atoms with Crippen LogP contribution in [0.5, 0.6) is 0 Å². The quantitative estimate of drug-likeness (QED) is 0.166. The van der Waals surface area contributed by atoms with Crippen molar-refractivity contribution >= 4 is 28.8 Å². The number of likely N-dealkylation sites (tertiary alicyclic amines) is 1. The molecule has 0 radical (unpaired) electrons. The molecule has 45 heavy (non-hydrogen) atoms. The molecule has 2 fully saturated rings. The predicted molar refractivity (Wildman–Crippen MR) is 169 cm³/mol. The molecule has 2 aromatic carbocycles. The van der Waals surface area contributed by atoms with Gasteiger partial charge in [0.1, 0.15) is 18.5 Å². The first kappa shape index (κ1) is 30.9. The Morgan fingerprint density at radius 3 is 2.29 bits per heavy atom. The second-order valence-electron chi connectivity index (χ2n) is 11.4. The molecule has 13 heteroatoms. The Balaban J connectivity index is 1.35. The highest BCUT2D eigenvalue weighted by atomic mass is 16.6. The van der Waals surface area contributed by atoms with Crippen LogP contribution in [0.2, 0.25) is 0 Å². The molecule has 2 aromatic heterocycles. The van der Waals surface area contributed by atoms with E-state index in [0.29, 0.717) is 29.5 Å². The molecule has 13 nitrogen and oxygen atoms in total. The van der Waals surface area contributed by atoms with Gasteiger partial charge in [-0.3, -0.25) is 4.79 Å². The number of aliphatic hydroxyl groups is 3. The van der Waals surface area contributed by atoms with E-state index < -0.39 is 30.5 Å². The lowest BCUT2D eigenvalue weighted by atomic mass is 9.91. The summed E-state index contributed by atoms with van der Waals surface area (Å²) in [4.78, 5) is 30.2. The number of carbonyl (C=O) groups is 1. The molecule has 2 aliphatic rings. The molecule has 5 atom stereocenters. The van der Waals surface area contributed by atoms with E-state index in [9.17, 15) is 20.1 Å². The summed E-state index contributed by atoms with van der Waals surface area (Å²) in [5, 5.41) is 38.6. The first-order chi connectivity index (χ1) is 21.9. The average molecular weight is 617 g/mol. The fraction of sp³-hybridized carbons (Fsp3) is 0.438. The lowest BCUT2D eigenvalue weighted by Crippen LogP contribution is -2.50. The van der Waals surface area contributed by atoms with Gasteiger partial charge in [-0.15, -0.1) is 0 Å². The molecule has 2 saturated heterocycles. The number of amides is 1. The molecule has 4 heterocycles. The summed E-state index contributed by atoms with van der Waals surface area (Å²) in [5.74, 6) is 0.286. The maximum atomic E-state index is 13.6. The minimum Gasteiger partial charge on any atom is -0.387 e. The molecule has 1 unspecified atom stereocenters. The smallest absolute Gasteiger partial charge is 0.273 e. The van der Waals surface area contributed by atoms with Crippen LogP contribution in [0, 0.1) is 0 Å². The van der Waals surface area contributed by atoms with Crippen LogP contribution in [0.4, 0.5) is 11.8 Å². The number of hydrogen-bond acceptors (Lipinski definition) is 11. The summed E-state index contributed by atoms with van der Waals surface area (Å²) in [6, 6.07) is 20.7. The molecular formula is C32H40N8O5. The number of anilines is 2. The van der Waals surface area contributed by atoms with Gasteiger partial charge in [0.05, 0.1) is 0 Å². The minimum atomic E-state index is -1.67. The van der Waals surface area contributed by atoms with Gasteiger partial charge in [0.15, 0.2) is 29.4 Å². The van der Waals surface area contributed by atoms with E-state index in [4.69, 9.17) is 14.7 Å². The monoisotopic (exact) mass is 616 g/mol. The second kappa shape index (κ2) is 13.5. The number of aromatic nitrogens is 4. The number of benzene rings is 2. The first-order valence-corrected chi connectivity index (χ1v) is 15.5. The van der Waals surface area contributed by atoms with E-state index >= 15 is 0 Å². The predicted octanol–water partition coefficient (Wildman–Crippen LogP) is 1.50. The van der Waals surface area contributed by atoms with Crippen molar-refractivity contribution in [2.24, 2.45) is 0 Å². The number of fused-ring (bicyclic) bond motifs is 1. The molecule has 6 rings (SSSR count). The number of likely N-dealkylation sites (N-methyl/N-ethyl adjacent to an activating group) is 2. The molecular weight excluding hydrogens is 576 g/mol. The van der Waals surface area contributed by atoms with Gasteiger partial charge in [-0.05, 0) is 31.0 Å². The molecule has 238 valence electrons. The molecule has 0 spiro atoms. The van der Waals surface area contributed by atoms with Gasteiger partial charge < -0.3 is 35.6 Å². The Bertz CT molecular complexity index is 1550. The number of hydrogen-bond donors (Lipinski definition) is 5. The minimum absolute atomic E-state index is 0.0245. The van der Waals surface area contributed by atoms with Crippen molar-refractivity contribution in [3.63, 3.8) is 0 Å². The topological polar surface area (TPSA) is 161 Å². The van der Waals surface area contributed by atoms with Gasteiger partial charge in [-0.25, -0.2) is 14.7 Å². The molecule has 5 N–H and O–H groups in total. The second-order valence-corrected chi connectivity index (χ2v) is 11.4. The van der Waals surface area contributed by atoms with Gasteiger partial charge in [0.25, 0.3) is 5.91 Å².